The van der Waals surface area contributed by atoms with Crippen molar-refractivity contribution in [3.05, 3.63) is 40.6 Å². The fourth-order valence-corrected chi connectivity index (χ4v) is 2.64. The summed E-state index contributed by atoms with van der Waals surface area (Å²) in [4.78, 5) is 11.8. The second-order valence-electron chi connectivity index (χ2n) is 4.84. The van der Waals surface area contributed by atoms with E-state index in [2.05, 4.69) is 10.2 Å². The first-order valence-corrected chi connectivity index (χ1v) is 8.65. The average molecular weight is 382 g/mol. The van der Waals surface area contributed by atoms with Crippen LogP contribution in [0.4, 0.5) is 0 Å². The number of ether oxygens (including phenoxy) is 1. The molecule has 0 atom stereocenters. The molecule has 0 radical (unpaired) electrons. The smallest absolute Gasteiger partial charge is 0.343 e. The Morgan fingerprint density at radius 1 is 1.36 bits per heavy atom. The third-order valence-corrected chi connectivity index (χ3v) is 4.05. The summed E-state index contributed by atoms with van der Waals surface area (Å²) in [5, 5.41) is 26.4. The van der Waals surface area contributed by atoms with E-state index >= 15 is 0 Å². The third kappa shape index (κ3) is 5.07. The van der Waals surface area contributed by atoms with Crippen LogP contribution < -0.4 is 0 Å². The van der Waals surface area contributed by atoms with Crippen LogP contribution in [0.3, 0.4) is 0 Å². The number of aromatic nitrogens is 2. The van der Waals surface area contributed by atoms with Crippen LogP contribution in [0.25, 0.3) is 11.5 Å². The summed E-state index contributed by atoms with van der Waals surface area (Å²) >= 11 is 6.88. The number of esters is 1. The van der Waals surface area contributed by atoms with Gasteiger partial charge in [-0.15, -0.1) is 10.2 Å². The van der Waals surface area contributed by atoms with E-state index in [9.17, 15) is 9.90 Å². The maximum Gasteiger partial charge on any atom is 0.343 e. The van der Waals surface area contributed by atoms with Gasteiger partial charge >= 0.3 is 5.97 Å². The van der Waals surface area contributed by atoms with Crippen LogP contribution in [-0.2, 0) is 9.53 Å². The monoisotopic (exact) mass is 381 g/mol. The van der Waals surface area contributed by atoms with Crippen LogP contribution in [0.2, 0.25) is 5.02 Å². The summed E-state index contributed by atoms with van der Waals surface area (Å²) in [5.41, 5.74) is 0.474. The van der Waals surface area contributed by atoms with Crippen LogP contribution in [0.1, 0.15) is 13.8 Å². The van der Waals surface area contributed by atoms with Crippen molar-refractivity contribution < 1.29 is 19.1 Å². The first kappa shape index (κ1) is 19.0. The average Bonchev–Trinajstić information content (AvgIpc) is 3.02. The molecule has 0 unspecified atom stereocenters. The lowest BCUT2D eigenvalue weighted by molar-refractivity contribution is -0.138. The normalized spacial score (nSPS) is 11.8. The molecule has 7 nitrogen and oxygen atoms in total. The van der Waals surface area contributed by atoms with Gasteiger partial charge < -0.3 is 19.7 Å². The van der Waals surface area contributed by atoms with E-state index in [1.165, 1.54) is 6.92 Å². The van der Waals surface area contributed by atoms with Gasteiger partial charge in [0.15, 0.2) is 0 Å². The molecule has 2 N–H and O–H groups in total. The molecule has 0 aliphatic heterocycles. The largest absolute Gasteiger partial charge is 0.510 e. The van der Waals surface area contributed by atoms with E-state index in [1.54, 1.807) is 31.2 Å². The first-order valence-electron chi connectivity index (χ1n) is 7.29. The fourth-order valence-electron chi connectivity index (χ4n) is 1.87. The van der Waals surface area contributed by atoms with Crippen LogP contribution in [0.15, 0.2) is 45.2 Å². The number of nitrogens with one attached hydrogen (secondary N) is 1. The highest BCUT2D eigenvalue weighted by Crippen LogP contribution is 2.25. The summed E-state index contributed by atoms with van der Waals surface area (Å²) in [6.07, 6.45) is 0. The maximum absolute atomic E-state index is 11.8. The van der Waals surface area contributed by atoms with Crippen molar-refractivity contribution in [1.82, 2.24) is 10.2 Å². The molecule has 1 heterocycles. The molecule has 2 rings (SSSR count). The SMILES string of the molecule is CCOC(=O)C(C(C)=N)=C(O)CSc1nnc(-c2ccc(Cl)cc2)o1. The summed E-state index contributed by atoms with van der Waals surface area (Å²) in [6.45, 7) is 3.21. The lowest BCUT2D eigenvalue weighted by atomic mass is 10.1. The number of nitrogens with zero attached hydrogens (tertiary/aromatic N) is 2. The molecule has 0 fully saturated rings. The zero-order valence-corrected chi connectivity index (χ0v) is 15.1. The predicted molar refractivity (Wildman–Crippen MR) is 95.2 cm³/mol. The van der Waals surface area contributed by atoms with Crippen molar-refractivity contribution in [3.63, 3.8) is 0 Å². The second kappa shape index (κ2) is 8.68. The zero-order valence-electron chi connectivity index (χ0n) is 13.6. The topological polar surface area (TPSA) is 109 Å². The number of thioether (sulfide) groups is 1. The molecular formula is C16H16ClN3O4S. The van der Waals surface area contributed by atoms with Crippen molar-refractivity contribution in [1.29, 1.82) is 5.41 Å². The molecule has 0 saturated heterocycles. The van der Waals surface area contributed by atoms with Gasteiger partial charge in [-0.05, 0) is 38.1 Å². The van der Waals surface area contributed by atoms with Gasteiger partial charge in [-0.1, -0.05) is 23.4 Å². The Morgan fingerprint density at radius 3 is 2.64 bits per heavy atom. The number of aliphatic hydroxyl groups excluding tert-OH is 1. The van der Waals surface area contributed by atoms with E-state index in [0.29, 0.717) is 16.5 Å². The molecule has 0 amide bonds. The van der Waals surface area contributed by atoms with Gasteiger partial charge in [0, 0.05) is 16.3 Å². The van der Waals surface area contributed by atoms with E-state index in [1.807, 2.05) is 0 Å². The molecule has 132 valence electrons. The molecule has 0 saturated carbocycles. The Kier molecular flexibility index (Phi) is 6.60. The van der Waals surface area contributed by atoms with Gasteiger partial charge in [0.2, 0.25) is 5.89 Å². The summed E-state index contributed by atoms with van der Waals surface area (Å²) < 4.78 is 10.3. The fraction of sp³-hybridized carbons (Fsp3) is 0.250. The van der Waals surface area contributed by atoms with E-state index in [-0.39, 0.29) is 34.6 Å². The minimum Gasteiger partial charge on any atom is -0.510 e. The number of halogens is 1. The molecule has 25 heavy (non-hydrogen) atoms. The van der Waals surface area contributed by atoms with Crippen LogP contribution in [0, 0.1) is 5.41 Å². The van der Waals surface area contributed by atoms with Crippen molar-refractivity contribution in [2.24, 2.45) is 0 Å². The van der Waals surface area contributed by atoms with Gasteiger partial charge in [-0.25, -0.2) is 4.79 Å². The quantitative estimate of drug-likeness (QED) is 0.246. The minimum absolute atomic E-state index is 0.00732. The zero-order chi connectivity index (χ0) is 18.4. The number of hydrogen-bond acceptors (Lipinski definition) is 8. The molecular weight excluding hydrogens is 366 g/mol. The number of carbonyl (C=O) groups excluding carboxylic acids is 1. The van der Waals surface area contributed by atoms with Gasteiger partial charge in [0.25, 0.3) is 5.22 Å². The van der Waals surface area contributed by atoms with Crippen LogP contribution in [-0.4, -0.2) is 39.3 Å². The van der Waals surface area contributed by atoms with Gasteiger partial charge in [0.1, 0.15) is 11.3 Å². The number of aliphatic hydroxyl groups is 1. The standard InChI is InChI=1S/C16H16ClN3O4S/c1-3-23-15(22)13(9(2)18)12(21)8-25-16-20-19-14(24-16)10-4-6-11(17)7-5-10/h4-7,18,21H,3,8H2,1-2H3. The van der Waals surface area contributed by atoms with Crippen molar-refractivity contribution in [3.8, 4) is 11.5 Å². The molecule has 1 aromatic heterocycles. The highest BCUT2D eigenvalue weighted by atomic mass is 35.5. The van der Waals surface area contributed by atoms with Crippen molar-refractivity contribution in [2.45, 2.75) is 19.1 Å². The number of hydrogen-bond donors (Lipinski definition) is 2. The summed E-state index contributed by atoms with van der Waals surface area (Å²) in [6, 6.07) is 6.92. The minimum atomic E-state index is -0.736. The Labute approximate surface area is 153 Å². The number of rotatable bonds is 7. The molecule has 0 spiro atoms. The van der Waals surface area contributed by atoms with E-state index < -0.39 is 5.97 Å². The predicted octanol–water partition coefficient (Wildman–Crippen LogP) is 3.90. The molecule has 0 aliphatic rings. The molecule has 2 aromatic rings. The number of benzene rings is 1. The molecule has 0 bridgehead atoms. The second-order valence-corrected chi connectivity index (χ2v) is 6.20. The Hall–Kier alpha value is -2.32. The maximum atomic E-state index is 11.8. The van der Waals surface area contributed by atoms with E-state index in [0.717, 1.165) is 11.8 Å². The van der Waals surface area contributed by atoms with Crippen LogP contribution >= 0.6 is 23.4 Å². The molecule has 9 heteroatoms. The Balaban J connectivity index is 2.10. The molecule has 0 aliphatic carbocycles. The highest BCUT2D eigenvalue weighted by molar-refractivity contribution is 7.99. The highest BCUT2D eigenvalue weighted by Gasteiger charge is 2.20. The number of carbonyl (C=O) groups is 1. The van der Waals surface area contributed by atoms with Crippen molar-refractivity contribution in [2.75, 3.05) is 12.4 Å². The van der Waals surface area contributed by atoms with Crippen molar-refractivity contribution >= 4 is 35.0 Å². The lowest BCUT2D eigenvalue weighted by Crippen LogP contribution is -2.16. The van der Waals surface area contributed by atoms with E-state index in [4.69, 9.17) is 26.2 Å². The third-order valence-electron chi connectivity index (χ3n) is 2.97. The van der Waals surface area contributed by atoms with Crippen LogP contribution in [0.5, 0.6) is 0 Å². The summed E-state index contributed by atoms with van der Waals surface area (Å²) in [5.74, 6) is -0.703. The Morgan fingerprint density at radius 2 is 2.04 bits per heavy atom. The lowest BCUT2D eigenvalue weighted by Gasteiger charge is -2.08. The van der Waals surface area contributed by atoms with Gasteiger partial charge in [-0.3, -0.25) is 0 Å². The Bertz CT molecular complexity index is 802. The first-order chi connectivity index (χ1) is 11.9. The molecule has 1 aromatic carbocycles. The van der Waals surface area contributed by atoms with Gasteiger partial charge in [0.05, 0.1) is 12.4 Å². The van der Waals surface area contributed by atoms with Gasteiger partial charge in [-0.2, -0.15) is 0 Å². The summed E-state index contributed by atoms with van der Waals surface area (Å²) in [7, 11) is 0.